The van der Waals surface area contributed by atoms with E-state index in [1.54, 1.807) is 25.1 Å². The molecule has 0 fully saturated rings. The molecule has 0 radical (unpaired) electrons. The molecule has 2 rings (SSSR count). The first kappa shape index (κ1) is 18.6. The van der Waals surface area contributed by atoms with Crippen LogP contribution < -0.4 is 5.01 Å². The highest BCUT2D eigenvalue weighted by Gasteiger charge is 2.22. The quantitative estimate of drug-likeness (QED) is 0.424. The minimum absolute atomic E-state index is 0.114. The molecule has 0 bridgehead atoms. The molecule has 0 aromatic heterocycles. The highest BCUT2D eigenvalue weighted by atomic mass is 35.5. The molecule has 0 heterocycles. The number of benzene rings is 2. The lowest BCUT2D eigenvalue weighted by Crippen LogP contribution is -2.14. The number of nitro benzene ring substituents is 2. The van der Waals surface area contributed by atoms with Gasteiger partial charge in [-0.1, -0.05) is 23.2 Å². The number of nitro groups is 2. The van der Waals surface area contributed by atoms with E-state index in [1.165, 1.54) is 24.2 Å². The summed E-state index contributed by atoms with van der Waals surface area (Å²) in [6.07, 6.45) is 0. The summed E-state index contributed by atoms with van der Waals surface area (Å²) in [7, 11) is 1.50. The molecule has 8 nitrogen and oxygen atoms in total. The summed E-state index contributed by atoms with van der Waals surface area (Å²) < 4.78 is 0. The van der Waals surface area contributed by atoms with Gasteiger partial charge in [-0.15, -0.1) is 0 Å². The van der Waals surface area contributed by atoms with Gasteiger partial charge in [0.25, 0.3) is 5.69 Å². The first-order valence-electron chi connectivity index (χ1n) is 6.87. The van der Waals surface area contributed by atoms with Gasteiger partial charge in [-0.2, -0.15) is 5.10 Å². The summed E-state index contributed by atoms with van der Waals surface area (Å²) in [6, 6.07) is 8.24. The van der Waals surface area contributed by atoms with Crippen molar-refractivity contribution in [3.05, 3.63) is 72.2 Å². The first-order valence-corrected chi connectivity index (χ1v) is 7.63. The van der Waals surface area contributed by atoms with Gasteiger partial charge in [-0.25, -0.2) is 0 Å². The van der Waals surface area contributed by atoms with E-state index in [-0.39, 0.29) is 11.4 Å². The largest absolute Gasteiger partial charge is 0.301 e. The second kappa shape index (κ2) is 7.45. The monoisotopic (exact) mass is 382 g/mol. The molecule has 0 amide bonds. The van der Waals surface area contributed by atoms with Crippen LogP contribution in [-0.4, -0.2) is 22.6 Å². The van der Waals surface area contributed by atoms with Crippen molar-refractivity contribution in [2.45, 2.75) is 6.92 Å². The summed E-state index contributed by atoms with van der Waals surface area (Å²) in [4.78, 5) is 20.6. The lowest BCUT2D eigenvalue weighted by molar-refractivity contribution is -0.393. The average molecular weight is 383 g/mol. The lowest BCUT2D eigenvalue weighted by Gasteiger charge is -2.15. The Morgan fingerprint density at radius 3 is 2.16 bits per heavy atom. The Hall–Kier alpha value is -2.71. The smallest absolute Gasteiger partial charge is 0.261 e. The molecule has 25 heavy (non-hydrogen) atoms. The Morgan fingerprint density at radius 1 is 1.04 bits per heavy atom. The molecule has 0 aliphatic heterocycles. The van der Waals surface area contributed by atoms with Crippen LogP contribution >= 0.6 is 23.2 Å². The maximum atomic E-state index is 11.2. The molecule has 0 aliphatic carbocycles. The van der Waals surface area contributed by atoms with E-state index in [2.05, 4.69) is 5.10 Å². The van der Waals surface area contributed by atoms with Gasteiger partial charge < -0.3 is 0 Å². The van der Waals surface area contributed by atoms with Crippen LogP contribution in [0.1, 0.15) is 12.5 Å². The number of nitrogens with zero attached hydrogens (tertiary/aromatic N) is 4. The van der Waals surface area contributed by atoms with Gasteiger partial charge in [0, 0.05) is 28.7 Å². The van der Waals surface area contributed by atoms with Crippen LogP contribution in [0.3, 0.4) is 0 Å². The number of halogens is 2. The Morgan fingerprint density at radius 2 is 1.64 bits per heavy atom. The number of non-ortho nitro benzene ring substituents is 1. The van der Waals surface area contributed by atoms with Crippen LogP contribution in [0.25, 0.3) is 0 Å². The molecule has 0 saturated heterocycles. The number of hydrazone groups is 1. The Labute approximate surface area is 152 Å². The second-order valence-electron chi connectivity index (χ2n) is 5.05. The van der Waals surface area contributed by atoms with Crippen molar-refractivity contribution in [2.75, 3.05) is 12.1 Å². The Bertz CT molecular complexity index is 866. The van der Waals surface area contributed by atoms with E-state index < -0.39 is 15.5 Å². The molecular formula is C15H12Cl2N4O4. The molecular weight excluding hydrogens is 371 g/mol. The van der Waals surface area contributed by atoms with Gasteiger partial charge >= 0.3 is 5.69 Å². The first-order chi connectivity index (χ1) is 11.7. The van der Waals surface area contributed by atoms with Crippen LogP contribution in [-0.2, 0) is 0 Å². The van der Waals surface area contributed by atoms with E-state index in [4.69, 9.17) is 23.2 Å². The summed E-state index contributed by atoms with van der Waals surface area (Å²) in [5, 5.41) is 28.4. The molecule has 0 N–H and O–H groups in total. The molecule has 0 aliphatic rings. The minimum atomic E-state index is -0.695. The van der Waals surface area contributed by atoms with Crippen LogP contribution in [0, 0.1) is 20.2 Å². The topological polar surface area (TPSA) is 102 Å². The summed E-state index contributed by atoms with van der Waals surface area (Å²) in [6.45, 7) is 1.69. The highest BCUT2D eigenvalue weighted by molar-refractivity contribution is 6.35. The third-order valence-electron chi connectivity index (χ3n) is 3.30. The van der Waals surface area contributed by atoms with E-state index >= 15 is 0 Å². The summed E-state index contributed by atoms with van der Waals surface area (Å²) >= 11 is 11.9. The van der Waals surface area contributed by atoms with Crippen molar-refractivity contribution in [3.8, 4) is 0 Å². The van der Waals surface area contributed by atoms with Crippen LogP contribution in [0.15, 0.2) is 41.5 Å². The van der Waals surface area contributed by atoms with Gasteiger partial charge in [0.05, 0.1) is 21.6 Å². The van der Waals surface area contributed by atoms with Crippen molar-refractivity contribution in [2.24, 2.45) is 5.10 Å². The summed E-state index contributed by atoms with van der Waals surface area (Å²) in [5.41, 5.74) is 0.486. The van der Waals surface area contributed by atoms with Gasteiger partial charge in [0.2, 0.25) is 0 Å². The molecule has 0 spiro atoms. The average Bonchev–Trinajstić information content (AvgIpc) is 2.53. The van der Waals surface area contributed by atoms with E-state index in [0.717, 1.165) is 6.07 Å². The molecule has 0 atom stereocenters. The predicted molar refractivity (Wildman–Crippen MR) is 96.8 cm³/mol. The zero-order valence-corrected chi connectivity index (χ0v) is 14.7. The van der Waals surface area contributed by atoms with Crippen LogP contribution in [0.5, 0.6) is 0 Å². The van der Waals surface area contributed by atoms with E-state index in [9.17, 15) is 20.2 Å². The van der Waals surface area contributed by atoms with Gasteiger partial charge in [0.15, 0.2) is 0 Å². The van der Waals surface area contributed by atoms with Gasteiger partial charge in [-0.3, -0.25) is 25.2 Å². The standard InChI is InChI=1S/C15H12Cl2N4O4/c1-9(10-5-11(16)7-12(17)6-10)18-19(2)14-4-3-13(20(22)23)8-15(14)21(24)25/h3-8H,1-2H3/b18-9-. The fourth-order valence-electron chi connectivity index (χ4n) is 2.14. The zero-order chi connectivity index (χ0) is 18.7. The van der Waals surface area contributed by atoms with Crippen molar-refractivity contribution < 1.29 is 9.85 Å². The lowest BCUT2D eigenvalue weighted by atomic mass is 10.1. The molecule has 130 valence electrons. The second-order valence-corrected chi connectivity index (χ2v) is 5.93. The third kappa shape index (κ3) is 4.43. The number of hydrogen-bond acceptors (Lipinski definition) is 6. The fourth-order valence-corrected chi connectivity index (χ4v) is 2.67. The van der Waals surface area contributed by atoms with Crippen LogP contribution in [0.4, 0.5) is 17.1 Å². The zero-order valence-electron chi connectivity index (χ0n) is 13.1. The summed E-state index contributed by atoms with van der Waals surface area (Å²) in [5.74, 6) is 0. The highest BCUT2D eigenvalue weighted by Crippen LogP contribution is 2.31. The maximum absolute atomic E-state index is 11.2. The van der Waals surface area contributed by atoms with Crippen molar-refractivity contribution in [1.82, 2.24) is 0 Å². The fraction of sp³-hybridized carbons (Fsp3) is 0.133. The molecule has 0 unspecified atom stereocenters. The number of anilines is 1. The maximum Gasteiger partial charge on any atom is 0.301 e. The number of hydrogen-bond donors (Lipinski definition) is 0. The van der Waals surface area contributed by atoms with Gasteiger partial charge in [0.1, 0.15) is 5.69 Å². The van der Waals surface area contributed by atoms with E-state index in [0.29, 0.717) is 21.3 Å². The van der Waals surface area contributed by atoms with Crippen molar-refractivity contribution >= 4 is 46.0 Å². The van der Waals surface area contributed by atoms with Gasteiger partial charge in [-0.05, 0) is 31.2 Å². The molecule has 2 aromatic carbocycles. The van der Waals surface area contributed by atoms with E-state index in [1.807, 2.05) is 0 Å². The Balaban J connectivity index is 2.44. The molecule has 10 heteroatoms. The predicted octanol–water partition coefficient (Wildman–Crippen LogP) is 4.67. The SMILES string of the molecule is C/C(=N/N(C)c1ccc([N+](=O)[O-])cc1[N+](=O)[O-])c1cc(Cl)cc(Cl)c1. The molecule has 2 aromatic rings. The normalized spacial score (nSPS) is 11.3. The van der Waals surface area contributed by atoms with Crippen molar-refractivity contribution in [3.63, 3.8) is 0 Å². The van der Waals surface area contributed by atoms with Crippen LogP contribution in [0.2, 0.25) is 10.0 Å². The minimum Gasteiger partial charge on any atom is -0.261 e. The molecule has 0 saturated carbocycles. The van der Waals surface area contributed by atoms with Crippen molar-refractivity contribution in [1.29, 1.82) is 0 Å². The third-order valence-corrected chi connectivity index (χ3v) is 3.73. The number of rotatable bonds is 5. The Kier molecular flexibility index (Phi) is 5.55.